The summed E-state index contributed by atoms with van der Waals surface area (Å²) in [6.45, 7) is 7.43. The molecule has 1 aromatic carbocycles. The van der Waals surface area contributed by atoms with Gasteiger partial charge in [0.2, 0.25) is 5.91 Å². The molecule has 0 radical (unpaired) electrons. The maximum absolute atomic E-state index is 12.9. The number of aromatic nitrogens is 3. The summed E-state index contributed by atoms with van der Waals surface area (Å²) in [5, 5.41) is 14.4. The van der Waals surface area contributed by atoms with Crippen LogP contribution in [0.5, 0.6) is 0 Å². The number of benzene rings is 1. The third-order valence-corrected chi connectivity index (χ3v) is 7.12. The second-order valence-corrected chi connectivity index (χ2v) is 9.85. The molecular weight excluding hydrogens is 416 g/mol. The van der Waals surface area contributed by atoms with Gasteiger partial charge < -0.3 is 10.1 Å². The summed E-state index contributed by atoms with van der Waals surface area (Å²) in [4.78, 5) is 13.9. The van der Waals surface area contributed by atoms with E-state index in [9.17, 15) is 4.79 Å². The summed E-state index contributed by atoms with van der Waals surface area (Å²) in [5.41, 5.74) is 3.02. The molecule has 3 heterocycles. The van der Waals surface area contributed by atoms with E-state index in [0.29, 0.717) is 6.54 Å². The summed E-state index contributed by atoms with van der Waals surface area (Å²) < 4.78 is 7.95. The van der Waals surface area contributed by atoms with Crippen molar-refractivity contribution < 1.29 is 9.53 Å². The van der Waals surface area contributed by atoms with Crippen molar-refractivity contribution in [1.29, 1.82) is 0 Å². The SMILES string of the molecule is Cc1ccc(C)c(NC(=O)C(C)Sc2nnc(-c3cccs3)n2CC2CCCO2)c1. The van der Waals surface area contributed by atoms with Crippen molar-refractivity contribution in [3.63, 3.8) is 0 Å². The summed E-state index contributed by atoms with van der Waals surface area (Å²) in [6.07, 6.45) is 2.28. The van der Waals surface area contributed by atoms with E-state index in [2.05, 4.69) is 20.1 Å². The van der Waals surface area contributed by atoms with E-state index in [0.717, 1.165) is 52.1 Å². The molecule has 6 nitrogen and oxygen atoms in total. The minimum Gasteiger partial charge on any atom is -0.376 e. The quantitative estimate of drug-likeness (QED) is 0.526. The lowest BCUT2D eigenvalue weighted by Crippen LogP contribution is -2.24. The zero-order chi connectivity index (χ0) is 21.1. The lowest BCUT2D eigenvalue weighted by molar-refractivity contribution is -0.115. The Labute approximate surface area is 185 Å². The number of amides is 1. The number of aryl methyl sites for hydroxylation is 2. The van der Waals surface area contributed by atoms with E-state index in [1.807, 2.05) is 56.5 Å². The second-order valence-electron chi connectivity index (χ2n) is 7.60. The van der Waals surface area contributed by atoms with Gasteiger partial charge in [-0.1, -0.05) is 30.0 Å². The highest BCUT2D eigenvalue weighted by Gasteiger charge is 2.25. The minimum atomic E-state index is -0.312. The Bertz CT molecular complexity index is 1010. The number of ether oxygens (including phenoxy) is 1. The van der Waals surface area contributed by atoms with E-state index < -0.39 is 0 Å². The van der Waals surface area contributed by atoms with Crippen molar-refractivity contribution in [2.24, 2.45) is 0 Å². The van der Waals surface area contributed by atoms with Crippen molar-refractivity contribution in [2.75, 3.05) is 11.9 Å². The Kier molecular flexibility index (Phi) is 6.55. The first kappa shape index (κ1) is 21.1. The fourth-order valence-electron chi connectivity index (χ4n) is 3.44. The highest BCUT2D eigenvalue weighted by molar-refractivity contribution is 8.00. The molecule has 158 valence electrons. The minimum absolute atomic E-state index is 0.0435. The van der Waals surface area contributed by atoms with Crippen LogP contribution in [0.3, 0.4) is 0 Å². The second kappa shape index (κ2) is 9.32. The maximum Gasteiger partial charge on any atom is 0.237 e. The van der Waals surface area contributed by atoms with Crippen LogP contribution in [0.25, 0.3) is 10.7 Å². The van der Waals surface area contributed by atoms with Gasteiger partial charge >= 0.3 is 0 Å². The molecule has 8 heteroatoms. The Hall–Kier alpha value is -2.16. The Balaban J connectivity index is 1.52. The highest BCUT2D eigenvalue weighted by Crippen LogP contribution is 2.31. The molecule has 0 saturated carbocycles. The fraction of sp³-hybridized carbons (Fsp3) is 0.409. The average molecular weight is 443 g/mol. The van der Waals surface area contributed by atoms with Crippen LogP contribution in [0, 0.1) is 13.8 Å². The van der Waals surface area contributed by atoms with Gasteiger partial charge in [0.15, 0.2) is 11.0 Å². The Morgan fingerprint density at radius 1 is 1.37 bits per heavy atom. The molecule has 3 aromatic rings. The van der Waals surface area contributed by atoms with Crippen molar-refractivity contribution in [2.45, 2.75) is 56.7 Å². The summed E-state index contributed by atoms with van der Waals surface area (Å²) in [6, 6.07) is 10.1. The molecule has 1 saturated heterocycles. The third kappa shape index (κ3) is 4.77. The predicted molar refractivity (Wildman–Crippen MR) is 122 cm³/mol. The van der Waals surface area contributed by atoms with Gasteiger partial charge in [0.05, 0.1) is 22.8 Å². The topological polar surface area (TPSA) is 69.0 Å². The summed E-state index contributed by atoms with van der Waals surface area (Å²) in [7, 11) is 0. The van der Waals surface area contributed by atoms with Crippen LogP contribution in [-0.4, -0.2) is 38.6 Å². The number of hydrogen-bond acceptors (Lipinski definition) is 6. The smallest absolute Gasteiger partial charge is 0.237 e. The molecule has 2 aromatic heterocycles. The van der Waals surface area contributed by atoms with E-state index in [4.69, 9.17) is 4.74 Å². The first-order chi connectivity index (χ1) is 14.5. The highest BCUT2D eigenvalue weighted by atomic mass is 32.2. The van der Waals surface area contributed by atoms with Gasteiger partial charge in [0, 0.05) is 12.3 Å². The first-order valence-electron chi connectivity index (χ1n) is 10.1. The molecule has 1 aliphatic heterocycles. The normalized spacial score (nSPS) is 17.2. The monoisotopic (exact) mass is 442 g/mol. The van der Waals surface area contributed by atoms with Crippen LogP contribution < -0.4 is 5.32 Å². The van der Waals surface area contributed by atoms with Gasteiger partial charge in [-0.3, -0.25) is 9.36 Å². The number of thiophene rings is 1. The molecule has 0 spiro atoms. The molecule has 2 unspecified atom stereocenters. The Morgan fingerprint density at radius 2 is 2.23 bits per heavy atom. The van der Waals surface area contributed by atoms with Crippen molar-refractivity contribution >= 4 is 34.7 Å². The number of hydrogen-bond donors (Lipinski definition) is 1. The van der Waals surface area contributed by atoms with Gasteiger partial charge in [-0.05, 0) is 62.3 Å². The fourth-order valence-corrected chi connectivity index (χ4v) is 5.01. The van der Waals surface area contributed by atoms with E-state index in [1.165, 1.54) is 11.8 Å². The van der Waals surface area contributed by atoms with E-state index >= 15 is 0 Å². The predicted octanol–water partition coefficient (Wildman–Crippen LogP) is 4.92. The van der Waals surface area contributed by atoms with Gasteiger partial charge in [0.1, 0.15) is 0 Å². The summed E-state index contributed by atoms with van der Waals surface area (Å²) in [5.74, 6) is 0.795. The number of carbonyl (C=O) groups is 1. The molecule has 4 rings (SSSR count). The number of nitrogens with zero attached hydrogens (tertiary/aromatic N) is 3. The molecule has 2 atom stereocenters. The molecule has 30 heavy (non-hydrogen) atoms. The number of nitrogens with one attached hydrogen (secondary N) is 1. The maximum atomic E-state index is 12.9. The molecule has 1 N–H and O–H groups in total. The Morgan fingerprint density at radius 3 is 2.97 bits per heavy atom. The number of rotatable bonds is 7. The first-order valence-corrected chi connectivity index (χ1v) is 11.9. The molecule has 1 amide bonds. The lowest BCUT2D eigenvalue weighted by Gasteiger charge is -2.17. The molecule has 1 fully saturated rings. The summed E-state index contributed by atoms with van der Waals surface area (Å²) >= 11 is 3.07. The van der Waals surface area contributed by atoms with Crippen LogP contribution in [0.15, 0.2) is 40.9 Å². The zero-order valence-corrected chi connectivity index (χ0v) is 19.1. The zero-order valence-electron chi connectivity index (χ0n) is 17.4. The number of carbonyl (C=O) groups excluding carboxylic acids is 1. The van der Waals surface area contributed by atoms with Gasteiger partial charge in [-0.2, -0.15) is 0 Å². The van der Waals surface area contributed by atoms with Gasteiger partial charge in [0.25, 0.3) is 0 Å². The lowest BCUT2D eigenvalue weighted by atomic mass is 10.1. The van der Waals surface area contributed by atoms with Crippen molar-refractivity contribution in [3.05, 3.63) is 46.8 Å². The number of anilines is 1. The number of thioether (sulfide) groups is 1. The molecule has 1 aliphatic rings. The van der Waals surface area contributed by atoms with Crippen LogP contribution in [-0.2, 0) is 16.1 Å². The molecule has 0 aliphatic carbocycles. The average Bonchev–Trinajstić information content (AvgIpc) is 3.48. The van der Waals surface area contributed by atoms with Gasteiger partial charge in [-0.15, -0.1) is 21.5 Å². The standard InChI is InChI=1S/C22H26N4O2S2/c1-14-8-9-15(2)18(12-14)23-21(27)16(3)30-22-25-24-20(19-7-5-11-29-19)26(22)13-17-6-4-10-28-17/h5,7-9,11-12,16-17H,4,6,10,13H2,1-3H3,(H,23,27). The van der Waals surface area contributed by atoms with Crippen LogP contribution in [0.1, 0.15) is 30.9 Å². The third-order valence-electron chi connectivity index (χ3n) is 5.17. The van der Waals surface area contributed by atoms with E-state index in [-0.39, 0.29) is 17.3 Å². The van der Waals surface area contributed by atoms with Gasteiger partial charge in [-0.25, -0.2) is 0 Å². The van der Waals surface area contributed by atoms with Crippen LogP contribution >= 0.6 is 23.1 Å². The van der Waals surface area contributed by atoms with Crippen LogP contribution in [0.4, 0.5) is 5.69 Å². The molecular formula is C22H26N4O2S2. The van der Waals surface area contributed by atoms with Crippen molar-refractivity contribution in [1.82, 2.24) is 14.8 Å². The molecule has 0 bridgehead atoms. The largest absolute Gasteiger partial charge is 0.376 e. The van der Waals surface area contributed by atoms with E-state index in [1.54, 1.807) is 11.3 Å². The van der Waals surface area contributed by atoms with Crippen molar-refractivity contribution in [3.8, 4) is 10.7 Å². The van der Waals surface area contributed by atoms with Crippen LogP contribution in [0.2, 0.25) is 0 Å².